The maximum atomic E-state index is 5.24. The Bertz CT molecular complexity index is 3160. The average molecular weight is 776 g/mol. The fourth-order valence-electron chi connectivity index (χ4n) is 9.90. The summed E-state index contributed by atoms with van der Waals surface area (Å²) < 4.78 is 0. The van der Waals surface area contributed by atoms with Gasteiger partial charge in [0.2, 0.25) is 0 Å². The molecule has 0 N–H and O–H groups in total. The normalized spacial score (nSPS) is 12.7. The van der Waals surface area contributed by atoms with Crippen molar-refractivity contribution in [2.75, 3.05) is 0 Å². The largest absolute Gasteiger partial charge is 0.208 e. The average Bonchev–Trinajstić information content (AvgIpc) is 3.82. The highest BCUT2D eigenvalue weighted by molar-refractivity contribution is 5.98. The molecule has 0 saturated carbocycles. The zero-order chi connectivity index (χ0) is 40.3. The topological polar surface area (TPSA) is 38.7 Å². The van der Waals surface area contributed by atoms with Crippen molar-refractivity contribution in [2.45, 2.75) is 5.41 Å². The fraction of sp³-hybridized carbons (Fsp3) is 0.0172. The lowest BCUT2D eigenvalue weighted by atomic mass is 9.68. The maximum Gasteiger partial charge on any atom is 0.164 e. The molecule has 0 radical (unpaired) electrons. The molecule has 0 unspecified atom stereocenters. The van der Waals surface area contributed by atoms with E-state index in [1.54, 1.807) is 0 Å². The summed E-state index contributed by atoms with van der Waals surface area (Å²) >= 11 is 0. The van der Waals surface area contributed by atoms with Crippen molar-refractivity contribution in [1.29, 1.82) is 0 Å². The first kappa shape index (κ1) is 35.0. The standard InChI is InChI=1S/C58H37N3/c1-4-17-38(18-5-1)43-35-44(39-19-6-2-7-20-39)37-45(36-43)57-60-55(41-21-8-3-9-22-41)59-56(61-57)42-33-31-40(32-34-42)46-26-16-27-50-49-25-12-15-30-53(49)58(54(46)50)51-28-13-10-23-47(51)48-24-11-14-29-52(48)58/h1-37H. The molecule has 2 aliphatic rings. The zero-order valence-corrected chi connectivity index (χ0v) is 33.2. The van der Waals surface area contributed by atoms with Crippen molar-refractivity contribution in [3.63, 3.8) is 0 Å². The van der Waals surface area contributed by atoms with Gasteiger partial charge in [0.25, 0.3) is 0 Å². The van der Waals surface area contributed by atoms with E-state index in [0.717, 1.165) is 44.5 Å². The molecule has 12 rings (SSSR count). The van der Waals surface area contributed by atoms with Crippen LogP contribution in [0.3, 0.4) is 0 Å². The Balaban J connectivity index is 1.02. The van der Waals surface area contributed by atoms with Gasteiger partial charge in [0.05, 0.1) is 5.41 Å². The van der Waals surface area contributed by atoms with E-state index >= 15 is 0 Å². The molecular formula is C58H37N3. The van der Waals surface area contributed by atoms with Gasteiger partial charge >= 0.3 is 0 Å². The summed E-state index contributed by atoms with van der Waals surface area (Å²) in [5.41, 5.74) is 19.7. The van der Waals surface area contributed by atoms with E-state index < -0.39 is 5.41 Å². The van der Waals surface area contributed by atoms with Crippen LogP contribution in [-0.4, -0.2) is 15.0 Å². The van der Waals surface area contributed by atoms with Crippen LogP contribution in [-0.2, 0) is 5.41 Å². The van der Waals surface area contributed by atoms with Crippen molar-refractivity contribution in [3.8, 4) is 89.8 Å². The first-order valence-corrected chi connectivity index (χ1v) is 20.9. The third-order valence-corrected chi connectivity index (χ3v) is 12.5. The Morgan fingerprint density at radius 2 is 0.574 bits per heavy atom. The Morgan fingerprint density at radius 3 is 1.08 bits per heavy atom. The highest BCUT2D eigenvalue weighted by Gasteiger charge is 2.52. The molecule has 0 saturated heterocycles. The maximum absolute atomic E-state index is 5.24. The first-order chi connectivity index (χ1) is 30.2. The second-order valence-electron chi connectivity index (χ2n) is 15.9. The lowest BCUT2D eigenvalue weighted by molar-refractivity contribution is 0.796. The van der Waals surface area contributed by atoms with Crippen molar-refractivity contribution in [3.05, 3.63) is 247 Å². The predicted molar refractivity (Wildman–Crippen MR) is 249 cm³/mol. The van der Waals surface area contributed by atoms with E-state index in [1.807, 2.05) is 18.2 Å². The number of fused-ring (bicyclic) bond motifs is 10. The summed E-state index contributed by atoms with van der Waals surface area (Å²) in [7, 11) is 0. The van der Waals surface area contributed by atoms with E-state index in [9.17, 15) is 0 Å². The molecule has 0 aliphatic heterocycles. The minimum Gasteiger partial charge on any atom is -0.208 e. The second-order valence-corrected chi connectivity index (χ2v) is 15.9. The van der Waals surface area contributed by atoms with Gasteiger partial charge in [-0.3, -0.25) is 0 Å². The predicted octanol–water partition coefficient (Wildman–Crippen LogP) is 14.2. The van der Waals surface area contributed by atoms with Crippen LogP contribution in [0.25, 0.3) is 89.8 Å². The zero-order valence-electron chi connectivity index (χ0n) is 33.2. The number of rotatable bonds is 6. The molecule has 1 spiro atoms. The first-order valence-electron chi connectivity index (χ1n) is 20.9. The quantitative estimate of drug-likeness (QED) is 0.169. The minimum absolute atomic E-state index is 0.436. The molecule has 3 heteroatoms. The molecule has 1 heterocycles. The lowest BCUT2D eigenvalue weighted by Crippen LogP contribution is -2.26. The smallest absolute Gasteiger partial charge is 0.164 e. The van der Waals surface area contributed by atoms with Crippen LogP contribution in [0.2, 0.25) is 0 Å². The highest BCUT2D eigenvalue weighted by atomic mass is 15.0. The highest BCUT2D eigenvalue weighted by Crippen LogP contribution is 2.64. The number of benzene rings is 9. The van der Waals surface area contributed by atoms with Crippen molar-refractivity contribution in [1.82, 2.24) is 15.0 Å². The summed E-state index contributed by atoms with van der Waals surface area (Å²) in [6.45, 7) is 0. The van der Waals surface area contributed by atoms with Crippen molar-refractivity contribution >= 4 is 0 Å². The SMILES string of the molecule is c1ccc(-c2cc(-c3ccccc3)cc(-c3nc(-c4ccccc4)nc(-c4ccc(-c5cccc6c5C5(c7ccccc7-c7ccccc75)c5ccccc5-6)cc4)n3)c2)cc1. The van der Waals surface area contributed by atoms with Crippen LogP contribution in [0.4, 0.5) is 0 Å². The third-order valence-electron chi connectivity index (χ3n) is 12.5. The number of aromatic nitrogens is 3. The molecule has 0 amide bonds. The van der Waals surface area contributed by atoms with Crippen molar-refractivity contribution in [2.24, 2.45) is 0 Å². The molecule has 284 valence electrons. The lowest BCUT2D eigenvalue weighted by Gasteiger charge is -2.32. The van der Waals surface area contributed by atoms with Gasteiger partial charge < -0.3 is 0 Å². The van der Waals surface area contributed by atoms with Crippen molar-refractivity contribution < 1.29 is 0 Å². The number of hydrogen-bond acceptors (Lipinski definition) is 3. The van der Waals surface area contributed by atoms with E-state index in [-0.39, 0.29) is 0 Å². The summed E-state index contributed by atoms with van der Waals surface area (Å²) in [6, 6.07) is 80.4. The van der Waals surface area contributed by atoms with E-state index in [0.29, 0.717) is 17.5 Å². The van der Waals surface area contributed by atoms with Gasteiger partial charge in [-0.2, -0.15) is 0 Å². The Labute approximate surface area is 355 Å². The summed E-state index contributed by atoms with van der Waals surface area (Å²) in [5, 5.41) is 0. The molecular weight excluding hydrogens is 739 g/mol. The molecule has 0 bridgehead atoms. The Kier molecular flexibility index (Phi) is 8.07. The van der Waals surface area contributed by atoms with Gasteiger partial charge in [0.15, 0.2) is 17.5 Å². The van der Waals surface area contributed by atoms with Crippen LogP contribution in [0.5, 0.6) is 0 Å². The Morgan fingerprint density at radius 1 is 0.230 bits per heavy atom. The van der Waals surface area contributed by atoms with E-state index in [4.69, 9.17) is 15.0 Å². The number of hydrogen-bond donors (Lipinski definition) is 0. The molecule has 2 aliphatic carbocycles. The van der Waals surface area contributed by atoms with Gasteiger partial charge in [-0.25, -0.2) is 15.0 Å². The molecule has 9 aromatic carbocycles. The monoisotopic (exact) mass is 775 g/mol. The van der Waals surface area contributed by atoms with Crippen LogP contribution < -0.4 is 0 Å². The van der Waals surface area contributed by atoms with E-state index in [2.05, 4.69) is 206 Å². The van der Waals surface area contributed by atoms with Crippen LogP contribution >= 0.6 is 0 Å². The van der Waals surface area contributed by atoms with Gasteiger partial charge in [0, 0.05) is 16.7 Å². The van der Waals surface area contributed by atoms with Gasteiger partial charge in [0.1, 0.15) is 0 Å². The Hall–Kier alpha value is -8.01. The summed E-state index contributed by atoms with van der Waals surface area (Å²) in [6.07, 6.45) is 0. The van der Waals surface area contributed by atoms with Crippen LogP contribution in [0, 0.1) is 0 Å². The molecule has 1 aromatic heterocycles. The third kappa shape index (κ3) is 5.55. The van der Waals surface area contributed by atoms with Crippen LogP contribution in [0.1, 0.15) is 22.3 Å². The minimum atomic E-state index is -0.436. The summed E-state index contributed by atoms with van der Waals surface area (Å²) in [5.74, 6) is 1.89. The fourth-order valence-corrected chi connectivity index (χ4v) is 9.90. The number of nitrogens with zero attached hydrogens (tertiary/aromatic N) is 3. The second kappa shape index (κ2) is 14.1. The summed E-state index contributed by atoms with van der Waals surface area (Å²) in [4.78, 5) is 15.5. The molecule has 0 atom stereocenters. The van der Waals surface area contributed by atoms with E-state index in [1.165, 1.54) is 50.1 Å². The van der Waals surface area contributed by atoms with Gasteiger partial charge in [-0.1, -0.05) is 206 Å². The van der Waals surface area contributed by atoms with Gasteiger partial charge in [-0.05, 0) is 96.1 Å². The molecule has 61 heavy (non-hydrogen) atoms. The van der Waals surface area contributed by atoms with Gasteiger partial charge in [-0.15, -0.1) is 0 Å². The molecule has 3 nitrogen and oxygen atoms in total. The molecule has 10 aromatic rings. The molecule has 0 fully saturated rings. The van der Waals surface area contributed by atoms with Crippen LogP contribution in [0.15, 0.2) is 224 Å².